The van der Waals surface area contributed by atoms with Gasteiger partial charge < -0.3 is 0 Å². The molecule has 6 rings (SSSR count). The van der Waals surface area contributed by atoms with Crippen LogP contribution in [0.4, 0.5) is 0 Å². The molecule has 0 unspecified atom stereocenters. The number of hydrogen-bond donors (Lipinski definition) is 0. The summed E-state index contributed by atoms with van der Waals surface area (Å²) in [5.41, 5.74) is -1.41. The molecule has 0 atom stereocenters. The number of hydrogen-bond acceptors (Lipinski definition) is 6. The average Bonchev–Trinajstić information content (AvgIpc) is 3.25. The van der Waals surface area contributed by atoms with Crippen molar-refractivity contribution in [3.63, 3.8) is 0 Å². The van der Waals surface area contributed by atoms with Gasteiger partial charge in [-0.15, -0.1) is 0 Å². The minimum atomic E-state index is -0.465. The van der Waals surface area contributed by atoms with E-state index in [-0.39, 0.29) is 44.8 Å². The molecule has 8 heteroatoms. The van der Waals surface area contributed by atoms with Crippen molar-refractivity contribution in [2.45, 2.75) is 39.8 Å². The topological polar surface area (TPSA) is 126 Å². The van der Waals surface area contributed by atoms with Crippen molar-refractivity contribution >= 4 is 53.9 Å². The van der Waals surface area contributed by atoms with Crippen molar-refractivity contribution in [3.8, 4) is 12.1 Å². The Morgan fingerprint density at radius 2 is 0.889 bits per heavy atom. The fourth-order valence-corrected chi connectivity index (χ4v) is 5.71. The Labute approximate surface area is 202 Å². The monoisotopic (exact) mass is 474 g/mol. The third-order valence-electron chi connectivity index (χ3n) is 7.18. The van der Waals surface area contributed by atoms with Crippen LogP contribution in [-0.2, 0) is 0 Å². The molecule has 6 aromatic rings. The Morgan fingerprint density at radius 3 is 1.19 bits per heavy atom. The first-order valence-electron chi connectivity index (χ1n) is 11.5. The quantitative estimate of drug-likeness (QED) is 0.352. The number of benzene rings is 4. The number of fused-ring (bicyclic) bond motifs is 4. The van der Waals surface area contributed by atoms with Crippen LogP contribution in [0.25, 0.3) is 53.9 Å². The van der Waals surface area contributed by atoms with Crippen LogP contribution in [0.3, 0.4) is 0 Å². The Morgan fingerprint density at radius 1 is 0.528 bits per heavy atom. The molecular weight excluding hydrogens is 456 g/mol. The summed E-state index contributed by atoms with van der Waals surface area (Å²) in [7, 11) is 0. The largest absolute Gasteiger partial charge is 0.272 e. The molecule has 0 saturated heterocycles. The second-order valence-corrected chi connectivity index (χ2v) is 9.76. The Balaban J connectivity index is 2.05. The third-order valence-corrected chi connectivity index (χ3v) is 7.18. The number of aromatic nitrogens is 2. The molecule has 174 valence electrons. The minimum absolute atomic E-state index is 0.183. The van der Waals surface area contributed by atoms with Gasteiger partial charge in [-0.05, 0) is 73.5 Å². The standard InChI is InChI=1S/C28H18N4O4/c1-11(2)31-25(33)19-7-15-14(10-30)6-18-22-16(8-20-24(18)28(36)32(12(3)4)26(20)34)13(9-29)5-17(21(15)22)23(19)27(31)35/h5-8,11-12H,1-4H3. The lowest BCUT2D eigenvalue weighted by molar-refractivity contribution is 0.574. The molecule has 0 bridgehead atoms. The van der Waals surface area contributed by atoms with Crippen LogP contribution in [-0.4, -0.2) is 9.13 Å². The van der Waals surface area contributed by atoms with Gasteiger partial charge >= 0.3 is 0 Å². The first-order valence-corrected chi connectivity index (χ1v) is 11.5. The SMILES string of the molecule is CC(C)n1c(=O)c2cc3c(C#N)cc4c5c(=O)n(C(C)C)c(=O)c5cc5c(C#N)cc(c2c1=O)c3c54. The van der Waals surface area contributed by atoms with E-state index in [4.69, 9.17) is 0 Å². The second kappa shape index (κ2) is 6.87. The molecule has 0 aliphatic rings. The van der Waals surface area contributed by atoms with Gasteiger partial charge in [0.15, 0.2) is 0 Å². The highest BCUT2D eigenvalue weighted by molar-refractivity contribution is 6.34. The van der Waals surface area contributed by atoms with Crippen molar-refractivity contribution < 1.29 is 0 Å². The molecule has 4 aromatic carbocycles. The predicted molar refractivity (Wildman–Crippen MR) is 139 cm³/mol. The van der Waals surface area contributed by atoms with Crippen molar-refractivity contribution in [1.82, 2.24) is 9.13 Å². The van der Waals surface area contributed by atoms with E-state index in [0.717, 1.165) is 0 Å². The Bertz CT molecular complexity index is 2100. The van der Waals surface area contributed by atoms with Gasteiger partial charge in [0, 0.05) is 22.9 Å². The molecular formula is C28H18N4O4. The van der Waals surface area contributed by atoms with Gasteiger partial charge in [0.05, 0.1) is 44.8 Å². The van der Waals surface area contributed by atoms with Crippen LogP contribution in [0.1, 0.15) is 50.9 Å². The zero-order valence-electron chi connectivity index (χ0n) is 19.9. The van der Waals surface area contributed by atoms with Crippen molar-refractivity contribution in [2.24, 2.45) is 0 Å². The van der Waals surface area contributed by atoms with Gasteiger partial charge in [0.25, 0.3) is 22.2 Å². The molecule has 2 heterocycles. The Hall–Kier alpha value is -4.82. The molecule has 0 fully saturated rings. The predicted octanol–water partition coefficient (Wildman–Crippen LogP) is 3.71. The van der Waals surface area contributed by atoms with Crippen molar-refractivity contribution in [2.75, 3.05) is 0 Å². The Kier molecular flexibility index (Phi) is 4.14. The second-order valence-electron chi connectivity index (χ2n) is 9.76. The van der Waals surface area contributed by atoms with Gasteiger partial charge in [0.2, 0.25) is 0 Å². The van der Waals surface area contributed by atoms with E-state index in [1.165, 1.54) is 9.13 Å². The van der Waals surface area contributed by atoms with E-state index in [0.29, 0.717) is 32.3 Å². The van der Waals surface area contributed by atoms with Crippen LogP contribution in [0.2, 0.25) is 0 Å². The molecule has 0 aliphatic carbocycles. The lowest BCUT2D eigenvalue weighted by atomic mass is 9.86. The van der Waals surface area contributed by atoms with Crippen LogP contribution in [0.5, 0.6) is 0 Å². The van der Waals surface area contributed by atoms with E-state index in [1.807, 2.05) is 0 Å². The van der Waals surface area contributed by atoms with Crippen molar-refractivity contribution in [1.29, 1.82) is 10.5 Å². The summed E-state index contributed by atoms with van der Waals surface area (Å²) in [4.78, 5) is 53.1. The maximum absolute atomic E-state index is 13.4. The molecule has 0 spiro atoms. The van der Waals surface area contributed by atoms with Crippen LogP contribution in [0.15, 0.2) is 43.4 Å². The minimum Gasteiger partial charge on any atom is -0.272 e. The van der Waals surface area contributed by atoms with Gasteiger partial charge in [-0.2, -0.15) is 10.5 Å². The smallest absolute Gasteiger partial charge is 0.262 e. The average molecular weight is 474 g/mol. The first kappa shape index (κ1) is 21.7. The first-order chi connectivity index (χ1) is 17.1. The highest BCUT2D eigenvalue weighted by atomic mass is 16.2. The van der Waals surface area contributed by atoms with Gasteiger partial charge in [-0.1, -0.05) is 0 Å². The van der Waals surface area contributed by atoms with Gasteiger partial charge in [-0.3, -0.25) is 28.3 Å². The van der Waals surface area contributed by atoms with Crippen LogP contribution in [0, 0.1) is 22.7 Å². The maximum Gasteiger partial charge on any atom is 0.262 e. The summed E-state index contributed by atoms with van der Waals surface area (Å²) in [6.45, 7) is 6.96. The van der Waals surface area contributed by atoms with E-state index in [9.17, 15) is 29.7 Å². The molecule has 2 aromatic heterocycles. The highest BCUT2D eigenvalue weighted by Crippen LogP contribution is 2.42. The third kappa shape index (κ3) is 2.36. The highest BCUT2D eigenvalue weighted by Gasteiger charge is 2.26. The molecule has 0 radical (unpaired) electrons. The van der Waals surface area contributed by atoms with Crippen LogP contribution < -0.4 is 22.2 Å². The number of nitriles is 2. The zero-order valence-corrected chi connectivity index (χ0v) is 19.9. The van der Waals surface area contributed by atoms with Crippen LogP contribution >= 0.6 is 0 Å². The van der Waals surface area contributed by atoms with E-state index in [2.05, 4.69) is 12.1 Å². The van der Waals surface area contributed by atoms with Gasteiger partial charge in [0.1, 0.15) is 0 Å². The van der Waals surface area contributed by atoms with Crippen molar-refractivity contribution in [3.05, 3.63) is 76.8 Å². The molecule has 0 N–H and O–H groups in total. The van der Waals surface area contributed by atoms with E-state index < -0.39 is 22.2 Å². The summed E-state index contributed by atoms with van der Waals surface area (Å²) >= 11 is 0. The molecule has 0 saturated carbocycles. The summed E-state index contributed by atoms with van der Waals surface area (Å²) in [5, 5.41) is 23.5. The summed E-state index contributed by atoms with van der Waals surface area (Å²) in [5.74, 6) is 0. The zero-order chi connectivity index (χ0) is 25.8. The summed E-state index contributed by atoms with van der Waals surface area (Å²) in [6.07, 6.45) is 0. The summed E-state index contributed by atoms with van der Waals surface area (Å²) < 4.78 is 2.34. The lowest BCUT2D eigenvalue weighted by Crippen LogP contribution is -2.27. The molecule has 0 amide bonds. The number of nitrogens with zero attached hydrogens (tertiary/aromatic N) is 4. The molecule has 0 aliphatic heterocycles. The summed E-state index contributed by atoms with van der Waals surface area (Å²) in [6, 6.07) is 9.76. The van der Waals surface area contributed by atoms with E-state index >= 15 is 0 Å². The van der Waals surface area contributed by atoms with E-state index in [1.54, 1.807) is 52.0 Å². The lowest BCUT2D eigenvalue weighted by Gasteiger charge is -2.14. The molecule has 36 heavy (non-hydrogen) atoms. The number of rotatable bonds is 2. The fourth-order valence-electron chi connectivity index (χ4n) is 5.71. The molecule has 8 nitrogen and oxygen atoms in total. The normalized spacial score (nSPS) is 12.2. The van der Waals surface area contributed by atoms with Gasteiger partial charge in [-0.25, -0.2) is 0 Å². The fraction of sp³-hybridized carbons (Fsp3) is 0.214. The maximum atomic E-state index is 13.4.